The van der Waals surface area contributed by atoms with E-state index >= 15 is 0 Å². The molecule has 1 N–H and O–H groups in total. The summed E-state index contributed by atoms with van der Waals surface area (Å²) in [5.41, 5.74) is 2.41. The number of ether oxygens (including phenoxy) is 1. The number of amides is 1. The van der Waals surface area contributed by atoms with Crippen LogP contribution in [-0.2, 0) is 6.54 Å². The van der Waals surface area contributed by atoms with E-state index < -0.39 is 0 Å². The van der Waals surface area contributed by atoms with E-state index in [0.717, 1.165) is 59.8 Å². The first-order valence-electron chi connectivity index (χ1n) is 11.3. The fraction of sp³-hybridized carbons (Fsp3) is 0.231. The molecule has 4 aromatic rings. The fourth-order valence-corrected chi connectivity index (χ4v) is 4.24. The number of carbonyl (C=O) groups excluding carboxylic acids is 1. The summed E-state index contributed by atoms with van der Waals surface area (Å²) in [6.45, 7) is 3.72. The highest BCUT2D eigenvalue weighted by molar-refractivity contribution is 6.07. The maximum Gasteiger partial charge on any atom is 0.272 e. The molecule has 34 heavy (non-hydrogen) atoms. The smallest absolute Gasteiger partial charge is 0.272 e. The summed E-state index contributed by atoms with van der Waals surface area (Å²) >= 11 is 0. The normalized spacial score (nSPS) is 13.7. The molecule has 172 valence electrons. The third-order valence-electron chi connectivity index (χ3n) is 6.06. The highest BCUT2D eigenvalue weighted by Crippen LogP contribution is 2.28. The summed E-state index contributed by atoms with van der Waals surface area (Å²) in [5, 5.41) is 13.5. The predicted molar refractivity (Wildman–Crippen MR) is 132 cm³/mol. The summed E-state index contributed by atoms with van der Waals surface area (Å²) in [6, 6.07) is 19.7. The molecule has 2 aromatic heterocycles. The maximum absolute atomic E-state index is 12.9. The molecule has 0 atom stereocenters. The van der Waals surface area contributed by atoms with Crippen molar-refractivity contribution >= 4 is 28.2 Å². The van der Waals surface area contributed by atoms with Crippen LogP contribution in [0.4, 0.5) is 11.5 Å². The largest absolute Gasteiger partial charge is 0.497 e. The summed E-state index contributed by atoms with van der Waals surface area (Å²) in [4.78, 5) is 21.6. The van der Waals surface area contributed by atoms with Gasteiger partial charge in [-0.15, -0.1) is 10.2 Å². The Bertz CT molecular complexity index is 1290. The molecule has 1 amide bonds. The molecule has 8 nitrogen and oxygen atoms in total. The number of hydrogen-bond donors (Lipinski definition) is 1. The molecule has 1 saturated heterocycles. The van der Waals surface area contributed by atoms with Gasteiger partial charge in [0, 0.05) is 67.6 Å². The number of nitrogens with zero attached hydrogens (tertiary/aromatic N) is 5. The van der Waals surface area contributed by atoms with Gasteiger partial charge in [0.1, 0.15) is 5.75 Å². The van der Waals surface area contributed by atoms with Crippen LogP contribution in [0, 0.1) is 0 Å². The van der Waals surface area contributed by atoms with Gasteiger partial charge in [-0.25, -0.2) is 0 Å². The minimum Gasteiger partial charge on any atom is -0.497 e. The molecule has 5 rings (SSSR count). The highest BCUT2D eigenvalue weighted by atomic mass is 16.5. The highest BCUT2D eigenvalue weighted by Gasteiger charge is 2.23. The summed E-state index contributed by atoms with van der Waals surface area (Å²) in [7, 11) is 1.68. The molecule has 1 fully saturated rings. The molecule has 0 saturated carbocycles. The number of fused-ring (bicyclic) bond motifs is 1. The lowest BCUT2D eigenvalue weighted by atomic mass is 10.1. The van der Waals surface area contributed by atoms with Crippen molar-refractivity contribution in [3.63, 3.8) is 0 Å². The van der Waals surface area contributed by atoms with Crippen LogP contribution in [-0.4, -0.2) is 54.4 Å². The van der Waals surface area contributed by atoms with Crippen LogP contribution in [0.3, 0.4) is 0 Å². The van der Waals surface area contributed by atoms with E-state index in [1.165, 1.54) is 0 Å². The van der Waals surface area contributed by atoms with Gasteiger partial charge in [0.15, 0.2) is 11.5 Å². The van der Waals surface area contributed by atoms with Crippen molar-refractivity contribution in [3.05, 3.63) is 84.3 Å². The second kappa shape index (κ2) is 9.74. The second-order valence-corrected chi connectivity index (χ2v) is 8.14. The third-order valence-corrected chi connectivity index (χ3v) is 6.06. The van der Waals surface area contributed by atoms with E-state index in [0.29, 0.717) is 12.2 Å². The average Bonchev–Trinajstić information content (AvgIpc) is 2.92. The summed E-state index contributed by atoms with van der Waals surface area (Å²) in [6.07, 6.45) is 3.44. The lowest BCUT2D eigenvalue weighted by molar-refractivity contribution is 0.0947. The molecule has 1 aliphatic rings. The van der Waals surface area contributed by atoms with E-state index in [1.807, 2.05) is 48.5 Å². The number of benzene rings is 2. The molecular formula is C26H26N6O2. The van der Waals surface area contributed by atoms with E-state index in [1.54, 1.807) is 19.5 Å². The Morgan fingerprint density at radius 3 is 2.50 bits per heavy atom. The first-order chi connectivity index (χ1) is 16.7. The van der Waals surface area contributed by atoms with Crippen LogP contribution in [0.5, 0.6) is 5.75 Å². The number of nitrogens with one attached hydrogen (secondary N) is 1. The van der Waals surface area contributed by atoms with E-state index in [2.05, 4.69) is 42.4 Å². The number of methoxy groups -OCH3 is 1. The zero-order chi connectivity index (χ0) is 23.3. The first kappa shape index (κ1) is 21.6. The number of aromatic nitrogens is 3. The molecule has 2 aromatic carbocycles. The van der Waals surface area contributed by atoms with Crippen molar-refractivity contribution in [1.29, 1.82) is 0 Å². The summed E-state index contributed by atoms with van der Waals surface area (Å²) in [5.74, 6) is 1.42. The number of anilines is 2. The van der Waals surface area contributed by atoms with Crippen molar-refractivity contribution in [1.82, 2.24) is 20.5 Å². The average molecular weight is 455 g/mol. The Balaban J connectivity index is 1.33. The van der Waals surface area contributed by atoms with Gasteiger partial charge in [0.25, 0.3) is 5.91 Å². The second-order valence-electron chi connectivity index (χ2n) is 8.14. The lowest BCUT2D eigenvalue weighted by Crippen LogP contribution is -2.47. The number of hydrogen-bond acceptors (Lipinski definition) is 7. The molecular weight excluding hydrogens is 428 g/mol. The molecule has 0 radical (unpaired) electrons. The molecule has 0 bridgehead atoms. The fourth-order valence-electron chi connectivity index (χ4n) is 4.24. The minimum atomic E-state index is -0.248. The van der Waals surface area contributed by atoms with Gasteiger partial charge in [0.05, 0.1) is 7.11 Å². The van der Waals surface area contributed by atoms with Crippen LogP contribution < -0.4 is 19.9 Å². The van der Waals surface area contributed by atoms with Crippen LogP contribution in [0.25, 0.3) is 10.8 Å². The van der Waals surface area contributed by atoms with Crippen molar-refractivity contribution < 1.29 is 9.53 Å². The van der Waals surface area contributed by atoms with Gasteiger partial charge in [0.2, 0.25) is 0 Å². The molecule has 0 unspecified atom stereocenters. The van der Waals surface area contributed by atoms with Gasteiger partial charge in [-0.1, -0.05) is 36.4 Å². The quantitative estimate of drug-likeness (QED) is 0.479. The van der Waals surface area contributed by atoms with Crippen LogP contribution in [0.2, 0.25) is 0 Å². The zero-order valence-corrected chi connectivity index (χ0v) is 19.0. The number of carbonyl (C=O) groups is 1. The van der Waals surface area contributed by atoms with Crippen molar-refractivity contribution in [2.45, 2.75) is 6.54 Å². The lowest BCUT2D eigenvalue weighted by Gasteiger charge is -2.37. The molecule has 0 spiro atoms. The van der Waals surface area contributed by atoms with Crippen LogP contribution >= 0.6 is 0 Å². The molecule has 0 aliphatic carbocycles. The van der Waals surface area contributed by atoms with Crippen molar-refractivity contribution in [3.8, 4) is 5.75 Å². The van der Waals surface area contributed by atoms with Gasteiger partial charge in [-0.05, 0) is 23.8 Å². The van der Waals surface area contributed by atoms with E-state index in [-0.39, 0.29) is 5.91 Å². The van der Waals surface area contributed by atoms with E-state index in [9.17, 15) is 4.79 Å². The van der Waals surface area contributed by atoms with Crippen molar-refractivity contribution in [2.24, 2.45) is 0 Å². The molecule has 3 heterocycles. The first-order valence-corrected chi connectivity index (χ1v) is 11.3. The van der Waals surface area contributed by atoms with Crippen LogP contribution in [0.1, 0.15) is 16.1 Å². The standard InChI is InChI=1S/C26H26N6O2/c1-34-21-8-4-7-20(16-21)31-12-14-32(15-13-31)25-23-10-3-2-9-22(23)24(29-30-25)26(33)28-18-19-6-5-11-27-17-19/h2-11,16-17H,12-15,18H2,1H3,(H,28,33). The van der Waals surface area contributed by atoms with Gasteiger partial charge < -0.3 is 19.9 Å². The van der Waals surface area contributed by atoms with Gasteiger partial charge >= 0.3 is 0 Å². The number of pyridine rings is 1. The predicted octanol–water partition coefficient (Wildman–Crippen LogP) is 3.29. The number of piperazine rings is 1. The van der Waals surface area contributed by atoms with Gasteiger partial charge in [-0.3, -0.25) is 9.78 Å². The third kappa shape index (κ3) is 4.47. The molecule has 1 aliphatic heterocycles. The Kier molecular flexibility index (Phi) is 6.20. The zero-order valence-electron chi connectivity index (χ0n) is 19.0. The Labute approximate surface area is 198 Å². The number of rotatable bonds is 6. The Morgan fingerprint density at radius 2 is 1.74 bits per heavy atom. The van der Waals surface area contributed by atoms with Gasteiger partial charge in [-0.2, -0.15) is 0 Å². The van der Waals surface area contributed by atoms with Crippen molar-refractivity contribution in [2.75, 3.05) is 43.1 Å². The minimum absolute atomic E-state index is 0.248. The molecule has 8 heteroatoms. The summed E-state index contributed by atoms with van der Waals surface area (Å²) < 4.78 is 5.37. The van der Waals surface area contributed by atoms with E-state index in [4.69, 9.17) is 4.74 Å². The monoisotopic (exact) mass is 454 g/mol. The SMILES string of the molecule is COc1cccc(N2CCN(c3nnc(C(=O)NCc4cccnc4)c4ccccc34)CC2)c1. The topological polar surface area (TPSA) is 83.5 Å². The maximum atomic E-state index is 12.9. The Hall–Kier alpha value is -4.20. The Morgan fingerprint density at radius 1 is 0.941 bits per heavy atom. The van der Waals surface area contributed by atoms with Crippen LogP contribution in [0.15, 0.2) is 73.1 Å².